The fraction of sp³-hybridized carbons (Fsp3) is 0.733. The maximum Gasteiger partial charge on any atom is 0.227 e. The molecule has 1 aliphatic heterocycles. The Morgan fingerprint density at radius 3 is 2.80 bits per heavy atom. The van der Waals surface area contributed by atoms with Crippen molar-refractivity contribution in [1.29, 1.82) is 0 Å². The molecule has 1 fully saturated rings. The zero-order valence-corrected chi connectivity index (χ0v) is 12.4. The highest BCUT2D eigenvalue weighted by Gasteiger charge is 2.25. The quantitative estimate of drug-likeness (QED) is 0.856. The van der Waals surface area contributed by atoms with Crippen molar-refractivity contribution in [2.45, 2.75) is 45.6 Å². The van der Waals surface area contributed by atoms with Crippen molar-refractivity contribution in [3.05, 3.63) is 18.0 Å². The lowest BCUT2D eigenvalue weighted by atomic mass is 10.00. The molecule has 1 saturated heterocycles. The molecule has 2 heterocycles. The first-order valence-electron chi connectivity index (χ1n) is 7.75. The lowest BCUT2D eigenvalue weighted by molar-refractivity contribution is -0.136. The lowest BCUT2D eigenvalue weighted by Crippen LogP contribution is -2.42. The third-order valence-electron chi connectivity index (χ3n) is 4.00. The summed E-state index contributed by atoms with van der Waals surface area (Å²) in [4.78, 5) is 14.5. The van der Waals surface area contributed by atoms with Crippen molar-refractivity contribution >= 4 is 5.91 Å². The molecule has 2 rings (SSSR count). The third-order valence-corrected chi connectivity index (χ3v) is 4.00. The lowest BCUT2D eigenvalue weighted by Gasteiger charge is -2.30. The Hall–Kier alpha value is -1.36. The van der Waals surface area contributed by atoms with Crippen LogP contribution in [0.2, 0.25) is 0 Å². The number of aryl methyl sites for hydroxylation is 1. The van der Waals surface area contributed by atoms with Crippen LogP contribution in [-0.2, 0) is 17.8 Å². The van der Waals surface area contributed by atoms with Gasteiger partial charge in [-0.3, -0.25) is 9.48 Å². The highest BCUT2D eigenvalue weighted by atomic mass is 16.2. The van der Waals surface area contributed by atoms with Crippen molar-refractivity contribution in [2.75, 3.05) is 19.6 Å². The van der Waals surface area contributed by atoms with Gasteiger partial charge in [0.05, 0.1) is 5.92 Å². The van der Waals surface area contributed by atoms with E-state index in [-0.39, 0.29) is 11.8 Å². The number of hydrogen-bond donors (Lipinski definition) is 1. The van der Waals surface area contributed by atoms with E-state index in [4.69, 9.17) is 5.73 Å². The zero-order chi connectivity index (χ0) is 14.4. The summed E-state index contributed by atoms with van der Waals surface area (Å²) in [5.41, 5.74) is 6.96. The fourth-order valence-corrected chi connectivity index (χ4v) is 2.84. The largest absolute Gasteiger partial charge is 0.342 e. The van der Waals surface area contributed by atoms with E-state index in [0.717, 1.165) is 44.6 Å². The van der Waals surface area contributed by atoms with Gasteiger partial charge in [0.1, 0.15) is 0 Å². The highest BCUT2D eigenvalue weighted by molar-refractivity contribution is 5.79. The number of nitrogens with zero attached hydrogens (tertiary/aromatic N) is 3. The molecule has 0 bridgehead atoms. The smallest absolute Gasteiger partial charge is 0.227 e. The van der Waals surface area contributed by atoms with Crippen LogP contribution >= 0.6 is 0 Å². The van der Waals surface area contributed by atoms with Crippen LogP contribution in [-0.4, -0.2) is 40.2 Å². The first-order valence-corrected chi connectivity index (χ1v) is 7.75. The van der Waals surface area contributed by atoms with E-state index in [1.54, 1.807) is 0 Å². The number of likely N-dealkylation sites (tertiary alicyclic amines) is 1. The van der Waals surface area contributed by atoms with Crippen molar-refractivity contribution in [2.24, 2.45) is 11.7 Å². The van der Waals surface area contributed by atoms with Crippen LogP contribution in [0.1, 0.15) is 38.3 Å². The van der Waals surface area contributed by atoms with Crippen molar-refractivity contribution < 1.29 is 4.79 Å². The molecule has 1 aromatic heterocycles. The number of nitrogens with two attached hydrogens (primary N) is 1. The summed E-state index contributed by atoms with van der Waals surface area (Å²) in [5.74, 6) is 0.108. The maximum atomic E-state index is 12.5. The number of amides is 1. The van der Waals surface area contributed by atoms with E-state index in [9.17, 15) is 4.79 Å². The second kappa shape index (κ2) is 7.43. The van der Waals surface area contributed by atoms with Crippen LogP contribution in [0.5, 0.6) is 0 Å². The Labute approximate surface area is 121 Å². The van der Waals surface area contributed by atoms with Gasteiger partial charge in [-0.1, -0.05) is 6.92 Å². The summed E-state index contributed by atoms with van der Waals surface area (Å²) in [6.45, 7) is 5.22. The second-order valence-corrected chi connectivity index (χ2v) is 5.57. The van der Waals surface area contributed by atoms with Gasteiger partial charge in [0.15, 0.2) is 0 Å². The standard InChI is InChI=1S/C15H26N4O/c1-2-8-19-14(6-7-17-19)11-13(12-16)15(20)18-9-4-3-5-10-18/h6-7,13H,2-5,8-12,16H2,1H3. The Balaban J connectivity index is 2.00. The number of aromatic nitrogens is 2. The van der Waals surface area contributed by atoms with Gasteiger partial charge in [-0.2, -0.15) is 5.10 Å². The molecule has 0 saturated carbocycles. The van der Waals surface area contributed by atoms with Gasteiger partial charge in [-0.25, -0.2) is 0 Å². The van der Waals surface area contributed by atoms with E-state index >= 15 is 0 Å². The monoisotopic (exact) mass is 278 g/mol. The zero-order valence-electron chi connectivity index (χ0n) is 12.4. The molecule has 0 radical (unpaired) electrons. The number of piperidine rings is 1. The summed E-state index contributed by atoms with van der Waals surface area (Å²) in [5, 5.41) is 4.32. The molecule has 5 heteroatoms. The SMILES string of the molecule is CCCn1nccc1CC(CN)C(=O)N1CCCCC1. The summed E-state index contributed by atoms with van der Waals surface area (Å²) in [6, 6.07) is 2.00. The Morgan fingerprint density at radius 1 is 1.40 bits per heavy atom. The predicted octanol–water partition coefficient (Wildman–Crippen LogP) is 1.42. The molecule has 2 N–H and O–H groups in total. The highest BCUT2D eigenvalue weighted by Crippen LogP contribution is 2.15. The minimum Gasteiger partial charge on any atom is -0.342 e. The number of carbonyl (C=O) groups excluding carboxylic acids is 1. The van der Waals surface area contributed by atoms with E-state index in [0.29, 0.717) is 13.0 Å². The first-order chi connectivity index (χ1) is 9.76. The molecule has 1 amide bonds. The summed E-state index contributed by atoms with van der Waals surface area (Å²) >= 11 is 0. The summed E-state index contributed by atoms with van der Waals surface area (Å²) in [6.07, 6.45) is 7.03. The molecule has 1 unspecified atom stereocenters. The van der Waals surface area contributed by atoms with Gasteiger partial charge in [0.2, 0.25) is 5.91 Å². The van der Waals surface area contributed by atoms with E-state index in [1.807, 2.05) is 21.8 Å². The van der Waals surface area contributed by atoms with E-state index in [1.165, 1.54) is 6.42 Å². The van der Waals surface area contributed by atoms with Gasteiger partial charge >= 0.3 is 0 Å². The maximum absolute atomic E-state index is 12.5. The van der Waals surface area contributed by atoms with Crippen LogP contribution in [0.15, 0.2) is 12.3 Å². The minimum absolute atomic E-state index is 0.111. The van der Waals surface area contributed by atoms with Gasteiger partial charge in [0, 0.05) is 44.5 Å². The third kappa shape index (κ3) is 3.60. The topological polar surface area (TPSA) is 64.2 Å². The molecular weight excluding hydrogens is 252 g/mol. The Kier molecular flexibility index (Phi) is 5.59. The number of carbonyl (C=O) groups is 1. The molecule has 0 spiro atoms. The average Bonchev–Trinajstić information content (AvgIpc) is 2.92. The second-order valence-electron chi connectivity index (χ2n) is 5.57. The van der Waals surface area contributed by atoms with Crippen LogP contribution in [0.25, 0.3) is 0 Å². The normalized spacial score (nSPS) is 17.2. The van der Waals surface area contributed by atoms with Crippen LogP contribution in [0.3, 0.4) is 0 Å². The molecule has 1 aromatic rings. The number of rotatable bonds is 6. The van der Waals surface area contributed by atoms with Crippen LogP contribution < -0.4 is 5.73 Å². The molecular formula is C15H26N4O. The molecule has 1 aliphatic rings. The fourth-order valence-electron chi connectivity index (χ4n) is 2.84. The van der Waals surface area contributed by atoms with E-state index < -0.39 is 0 Å². The first kappa shape index (κ1) is 15.0. The summed E-state index contributed by atoms with van der Waals surface area (Å²) in [7, 11) is 0. The van der Waals surface area contributed by atoms with Crippen molar-refractivity contribution in [3.8, 4) is 0 Å². The van der Waals surface area contributed by atoms with Gasteiger partial charge in [-0.15, -0.1) is 0 Å². The molecule has 112 valence electrons. The van der Waals surface area contributed by atoms with Crippen LogP contribution in [0.4, 0.5) is 0 Å². The molecule has 0 aliphatic carbocycles. The Morgan fingerprint density at radius 2 is 2.15 bits per heavy atom. The molecule has 1 atom stereocenters. The minimum atomic E-state index is -0.111. The van der Waals surface area contributed by atoms with Gasteiger partial charge in [0.25, 0.3) is 0 Å². The van der Waals surface area contributed by atoms with Crippen LogP contribution in [0, 0.1) is 5.92 Å². The number of hydrogen-bond acceptors (Lipinski definition) is 3. The molecule has 5 nitrogen and oxygen atoms in total. The summed E-state index contributed by atoms with van der Waals surface area (Å²) < 4.78 is 1.99. The Bertz CT molecular complexity index is 423. The van der Waals surface area contributed by atoms with E-state index in [2.05, 4.69) is 12.0 Å². The van der Waals surface area contributed by atoms with Gasteiger partial charge < -0.3 is 10.6 Å². The predicted molar refractivity (Wildman–Crippen MR) is 79.2 cm³/mol. The van der Waals surface area contributed by atoms with Crippen molar-refractivity contribution in [1.82, 2.24) is 14.7 Å². The molecule has 20 heavy (non-hydrogen) atoms. The van der Waals surface area contributed by atoms with Gasteiger partial charge in [-0.05, 0) is 31.7 Å². The van der Waals surface area contributed by atoms with Crippen molar-refractivity contribution in [3.63, 3.8) is 0 Å². The average molecular weight is 278 g/mol. The molecule has 0 aromatic carbocycles.